The Bertz CT molecular complexity index is 350. The van der Waals surface area contributed by atoms with Crippen molar-refractivity contribution >= 4 is 11.2 Å². The van der Waals surface area contributed by atoms with Crippen molar-refractivity contribution in [2.45, 2.75) is 0 Å². The predicted octanol–water partition coefficient (Wildman–Crippen LogP) is 0.917. The third-order valence-corrected chi connectivity index (χ3v) is 1.44. The minimum atomic E-state index is 0.771. The highest BCUT2D eigenvalue weighted by atomic mass is 15.0. The van der Waals surface area contributed by atoms with E-state index >= 15 is 0 Å². The van der Waals surface area contributed by atoms with E-state index in [4.69, 9.17) is 5.73 Å². The number of rotatable bonds is 0. The number of pyridine rings is 1. The molecule has 0 saturated carbocycles. The van der Waals surface area contributed by atoms with Crippen molar-refractivity contribution in [2.24, 2.45) is 0 Å². The second-order valence-electron chi connectivity index (χ2n) is 2.19. The molecule has 0 atom stereocenters. The van der Waals surface area contributed by atoms with Crippen LogP contribution in [0.2, 0.25) is 0 Å². The van der Waals surface area contributed by atoms with E-state index in [-0.39, 0.29) is 0 Å². The van der Waals surface area contributed by atoms with E-state index in [1.54, 1.807) is 12.5 Å². The summed E-state index contributed by atoms with van der Waals surface area (Å²) in [6.45, 7) is 0. The fourth-order valence-electron chi connectivity index (χ4n) is 0.936. The molecule has 0 radical (unpaired) electrons. The molecule has 2 heterocycles. The minimum absolute atomic E-state index is 0.771. The average Bonchev–Trinajstić information content (AvgIpc) is 2.33. The molecule has 0 fully saturated rings. The first kappa shape index (κ1) is 5.29. The van der Waals surface area contributed by atoms with Crippen LogP contribution in [-0.2, 0) is 0 Å². The molecule has 0 saturated heterocycles. The molecule has 3 nitrogen and oxygen atoms in total. The lowest BCUT2D eigenvalue weighted by Gasteiger charge is -1.93. The second kappa shape index (κ2) is 1.73. The summed E-state index contributed by atoms with van der Waals surface area (Å²) in [6, 6.07) is 3.72. The van der Waals surface area contributed by atoms with Gasteiger partial charge in [-0.3, -0.25) is 0 Å². The summed E-state index contributed by atoms with van der Waals surface area (Å²) >= 11 is 0. The van der Waals surface area contributed by atoms with Crippen molar-refractivity contribution in [1.82, 2.24) is 9.38 Å². The third-order valence-electron chi connectivity index (χ3n) is 1.44. The van der Waals surface area contributed by atoms with Crippen LogP contribution in [0.3, 0.4) is 0 Å². The SMILES string of the molecule is Nc1ccn2cncc2c1. The van der Waals surface area contributed by atoms with Gasteiger partial charge in [0.25, 0.3) is 0 Å². The smallest absolute Gasteiger partial charge is 0.0992 e. The lowest BCUT2D eigenvalue weighted by atomic mass is 10.4. The Morgan fingerprint density at radius 2 is 2.40 bits per heavy atom. The van der Waals surface area contributed by atoms with E-state index in [1.165, 1.54) is 0 Å². The highest BCUT2D eigenvalue weighted by Gasteiger charge is 1.90. The zero-order chi connectivity index (χ0) is 6.97. The molecule has 2 aromatic heterocycles. The molecule has 0 aromatic carbocycles. The van der Waals surface area contributed by atoms with Gasteiger partial charge in [-0.15, -0.1) is 0 Å². The second-order valence-corrected chi connectivity index (χ2v) is 2.19. The van der Waals surface area contributed by atoms with E-state index in [0.29, 0.717) is 0 Å². The van der Waals surface area contributed by atoms with Crippen LogP contribution in [0.25, 0.3) is 5.52 Å². The van der Waals surface area contributed by atoms with Crippen LogP contribution in [-0.4, -0.2) is 9.38 Å². The van der Waals surface area contributed by atoms with Gasteiger partial charge in [0.05, 0.1) is 18.0 Å². The lowest BCUT2D eigenvalue weighted by Crippen LogP contribution is -1.86. The van der Waals surface area contributed by atoms with Gasteiger partial charge >= 0.3 is 0 Å². The summed E-state index contributed by atoms with van der Waals surface area (Å²) in [4.78, 5) is 3.95. The van der Waals surface area contributed by atoms with Gasteiger partial charge in [0.1, 0.15) is 0 Å². The Labute approximate surface area is 58.1 Å². The molecule has 0 aliphatic carbocycles. The molecule has 0 bridgehead atoms. The number of nitrogen functional groups attached to an aromatic ring is 1. The number of hydrogen-bond donors (Lipinski definition) is 1. The van der Waals surface area contributed by atoms with Gasteiger partial charge in [-0.2, -0.15) is 0 Å². The molecule has 0 amide bonds. The van der Waals surface area contributed by atoms with Crippen LogP contribution in [0.5, 0.6) is 0 Å². The fourth-order valence-corrected chi connectivity index (χ4v) is 0.936. The van der Waals surface area contributed by atoms with Crippen LogP contribution in [0, 0.1) is 0 Å². The Morgan fingerprint density at radius 3 is 3.30 bits per heavy atom. The molecule has 0 aliphatic rings. The van der Waals surface area contributed by atoms with Gasteiger partial charge in [-0.05, 0) is 12.1 Å². The van der Waals surface area contributed by atoms with Crippen molar-refractivity contribution in [3.63, 3.8) is 0 Å². The lowest BCUT2D eigenvalue weighted by molar-refractivity contribution is 1.16. The Morgan fingerprint density at radius 1 is 1.50 bits per heavy atom. The van der Waals surface area contributed by atoms with Crippen molar-refractivity contribution < 1.29 is 0 Å². The third kappa shape index (κ3) is 0.639. The normalized spacial score (nSPS) is 10.4. The largest absolute Gasteiger partial charge is 0.399 e. The standard InChI is InChI=1S/C7H7N3/c8-6-1-2-10-5-9-4-7(10)3-6/h1-5H,8H2. The molecule has 0 spiro atoms. The number of anilines is 1. The van der Waals surface area contributed by atoms with E-state index in [9.17, 15) is 0 Å². The van der Waals surface area contributed by atoms with Gasteiger partial charge in [0.15, 0.2) is 0 Å². The van der Waals surface area contributed by atoms with Crippen molar-refractivity contribution in [1.29, 1.82) is 0 Å². The number of aromatic nitrogens is 2. The fraction of sp³-hybridized carbons (Fsp3) is 0. The number of nitrogens with zero attached hydrogens (tertiary/aromatic N) is 2. The topological polar surface area (TPSA) is 43.3 Å². The number of hydrogen-bond acceptors (Lipinski definition) is 2. The molecule has 0 aliphatic heterocycles. The predicted molar refractivity (Wildman–Crippen MR) is 39.6 cm³/mol. The van der Waals surface area contributed by atoms with Gasteiger partial charge in [-0.1, -0.05) is 0 Å². The van der Waals surface area contributed by atoms with Crippen LogP contribution in [0.4, 0.5) is 5.69 Å². The maximum absolute atomic E-state index is 5.54. The molecule has 3 heteroatoms. The quantitative estimate of drug-likeness (QED) is 0.580. The molecule has 2 rings (SSSR count). The molecular formula is C7H7N3. The zero-order valence-corrected chi connectivity index (χ0v) is 5.36. The van der Waals surface area contributed by atoms with Gasteiger partial charge in [0, 0.05) is 11.9 Å². The zero-order valence-electron chi connectivity index (χ0n) is 5.36. The summed E-state index contributed by atoms with van der Waals surface area (Å²) < 4.78 is 1.91. The monoisotopic (exact) mass is 133 g/mol. The van der Waals surface area contributed by atoms with Crippen LogP contribution in [0.1, 0.15) is 0 Å². The first-order valence-electron chi connectivity index (χ1n) is 3.03. The summed E-state index contributed by atoms with van der Waals surface area (Å²) in [5.41, 5.74) is 7.34. The van der Waals surface area contributed by atoms with Crippen LogP contribution >= 0.6 is 0 Å². The molecule has 2 aromatic rings. The van der Waals surface area contributed by atoms with E-state index in [2.05, 4.69) is 4.98 Å². The molecular weight excluding hydrogens is 126 g/mol. The first-order valence-corrected chi connectivity index (χ1v) is 3.03. The molecule has 0 unspecified atom stereocenters. The number of fused-ring (bicyclic) bond motifs is 1. The summed E-state index contributed by atoms with van der Waals surface area (Å²) in [5.74, 6) is 0. The maximum Gasteiger partial charge on any atom is 0.0992 e. The molecule has 50 valence electrons. The highest BCUT2D eigenvalue weighted by Crippen LogP contribution is 2.06. The summed E-state index contributed by atoms with van der Waals surface area (Å²) in [6.07, 6.45) is 5.41. The number of nitrogens with two attached hydrogens (primary N) is 1. The van der Waals surface area contributed by atoms with Gasteiger partial charge in [-0.25, -0.2) is 4.98 Å². The molecule has 2 N–H and O–H groups in total. The van der Waals surface area contributed by atoms with Gasteiger partial charge in [0.2, 0.25) is 0 Å². The van der Waals surface area contributed by atoms with Crippen molar-refractivity contribution in [2.75, 3.05) is 5.73 Å². The average molecular weight is 133 g/mol. The van der Waals surface area contributed by atoms with Crippen molar-refractivity contribution in [3.8, 4) is 0 Å². The van der Waals surface area contributed by atoms with E-state index < -0.39 is 0 Å². The first-order chi connectivity index (χ1) is 4.86. The summed E-state index contributed by atoms with van der Waals surface area (Å²) in [5, 5.41) is 0. The van der Waals surface area contributed by atoms with Crippen LogP contribution < -0.4 is 5.73 Å². The van der Waals surface area contributed by atoms with Crippen molar-refractivity contribution in [3.05, 3.63) is 30.9 Å². The van der Waals surface area contributed by atoms with E-state index in [1.807, 2.05) is 22.7 Å². The Kier molecular flexibility index (Phi) is 0.917. The highest BCUT2D eigenvalue weighted by molar-refractivity contribution is 5.54. The maximum atomic E-state index is 5.54. The van der Waals surface area contributed by atoms with Crippen LogP contribution in [0.15, 0.2) is 30.9 Å². The number of imidazole rings is 1. The minimum Gasteiger partial charge on any atom is -0.399 e. The Balaban J connectivity index is 2.86. The Hall–Kier alpha value is -1.51. The molecule has 10 heavy (non-hydrogen) atoms. The van der Waals surface area contributed by atoms with E-state index in [0.717, 1.165) is 11.2 Å². The van der Waals surface area contributed by atoms with Gasteiger partial charge < -0.3 is 10.1 Å². The summed E-state index contributed by atoms with van der Waals surface area (Å²) in [7, 11) is 0.